The Kier molecular flexibility index (Phi) is 6.10. The van der Waals surface area contributed by atoms with Crippen molar-refractivity contribution < 1.29 is 4.42 Å². The second-order valence-electron chi connectivity index (χ2n) is 11.5. The first-order valence-electron chi connectivity index (χ1n) is 15.4. The largest absolute Gasteiger partial charge is 0.436 e. The number of aromatic nitrogens is 3. The molecule has 3 aromatic heterocycles. The summed E-state index contributed by atoms with van der Waals surface area (Å²) in [5, 5.41) is 2.37. The maximum atomic E-state index is 6.21. The molecule has 6 aromatic carbocycles. The molecule has 0 spiro atoms. The summed E-state index contributed by atoms with van der Waals surface area (Å²) in [6.45, 7) is 0. The van der Waals surface area contributed by atoms with Crippen LogP contribution in [0, 0.1) is 0 Å². The molecule has 0 radical (unpaired) electrons. The maximum absolute atomic E-state index is 6.21. The van der Waals surface area contributed by atoms with Gasteiger partial charge in [-0.05, 0) is 76.9 Å². The number of rotatable bonds is 5. The molecule has 0 amide bonds. The third kappa shape index (κ3) is 4.39. The second-order valence-corrected chi connectivity index (χ2v) is 11.5. The van der Waals surface area contributed by atoms with Crippen LogP contribution in [0.5, 0.6) is 0 Å². The van der Waals surface area contributed by atoms with Crippen molar-refractivity contribution in [2.45, 2.75) is 0 Å². The maximum Gasteiger partial charge on any atom is 0.227 e. The standard InChI is InChI=1S/C42H27N3O/c1-2-10-28(11-3-1)29-19-21-30(22-20-29)34-14-9-17-38-41(34)35-24-23-32(42-44-37-16-4-5-18-40(37)46-42)27-39(35)45(38)33-13-8-12-31(26-33)36-15-6-7-25-43-36/h1-27H. The van der Waals surface area contributed by atoms with Crippen molar-refractivity contribution in [2.75, 3.05) is 0 Å². The van der Waals surface area contributed by atoms with Crippen molar-refractivity contribution in [3.63, 3.8) is 0 Å². The molecule has 0 saturated heterocycles. The van der Waals surface area contributed by atoms with Gasteiger partial charge in [0.15, 0.2) is 5.58 Å². The van der Waals surface area contributed by atoms with Gasteiger partial charge in [-0.2, -0.15) is 0 Å². The highest BCUT2D eigenvalue weighted by Gasteiger charge is 2.19. The molecule has 0 unspecified atom stereocenters. The van der Waals surface area contributed by atoms with Gasteiger partial charge in [0, 0.05) is 33.8 Å². The van der Waals surface area contributed by atoms with Crippen LogP contribution in [-0.4, -0.2) is 14.5 Å². The first-order chi connectivity index (χ1) is 22.8. The van der Waals surface area contributed by atoms with Gasteiger partial charge in [-0.1, -0.05) is 103 Å². The van der Waals surface area contributed by atoms with Crippen molar-refractivity contribution in [3.8, 4) is 50.7 Å². The zero-order valence-corrected chi connectivity index (χ0v) is 24.8. The molecule has 46 heavy (non-hydrogen) atoms. The fraction of sp³-hybridized carbons (Fsp3) is 0. The Morgan fingerprint density at radius 3 is 2.09 bits per heavy atom. The molecule has 0 aliphatic heterocycles. The highest BCUT2D eigenvalue weighted by molar-refractivity contribution is 6.16. The second kappa shape index (κ2) is 10.7. The van der Waals surface area contributed by atoms with Gasteiger partial charge in [-0.25, -0.2) is 4.98 Å². The molecule has 0 aliphatic rings. The Morgan fingerprint density at radius 1 is 0.500 bits per heavy atom. The lowest BCUT2D eigenvalue weighted by Gasteiger charge is -2.11. The minimum atomic E-state index is 0.610. The van der Waals surface area contributed by atoms with Crippen molar-refractivity contribution in [2.24, 2.45) is 0 Å². The zero-order chi connectivity index (χ0) is 30.5. The van der Waals surface area contributed by atoms with E-state index in [-0.39, 0.29) is 0 Å². The van der Waals surface area contributed by atoms with Crippen molar-refractivity contribution >= 4 is 32.9 Å². The highest BCUT2D eigenvalue weighted by atomic mass is 16.3. The molecular weight excluding hydrogens is 562 g/mol. The summed E-state index contributed by atoms with van der Waals surface area (Å²) in [5.41, 5.74) is 12.6. The quantitative estimate of drug-likeness (QED) is 0.201. The Hall–Kier alpha value is -6.26. The summed E-state index contributed by atoms with van der Waals surface area (Å²) in [7, 11) is 0. The Morgan fingerprint density at radius 2 is 1.24 bits per heavy atom. The first-order valence-corrected chi connectivity index (χ1v) is 15.4. The van der Waals surface area contributed by atoms with E-state index in [1.54, 1.807) is 0 Å². The number of benzene rings is 6. The molecule has 0 atom stereocenters. The molecule has 216 valence electrons. The van der Waals surface area contributed by atoms with E-state index < -0.39 is 0 Å². The predicted molar refractivity (Wildman–Crippen MR) is 188 cm³/mol. The number of pyridine rings is 1. The van der Waals surface area contributed by atoms with Crippen molar-refractivity contribution in [3.05, 3.63) is 164 Å². The topological polar surface area (TPSA) is 43.9 Å². The van der Waals surface area contributed by atoms with E-state index in [1.165, 1.54) is 33.0 Å². The van der Waals surface area contributed by atoms with Gasteiger partial charge in [0.1, 0.15) is 5.52 Å². The molecule has 0 bridgehead atoms. The van der Waals surface area contributed by atoms with Crippen LogP contribution in [0.3, 0.4) is 0 Å². The van der Waals surface area contributed by atoms with E-state index in [1.807, 2.05) is 48.7 Å². The van der Waals surface area contributed by atoms with E-state index in [9.17, 15) is 0 Å². The van der Waals surface area contributed by atoms with Crippen LogP contribution in [0.25, 0.3) is 83.6 Å². The van der Waals surface area contributed by atoms with Crippen molar-refractivity contribution in [1.29, 1.82) is 0 Å². The van der Waals surface area contributed by atoms with Crippen LogP contribution in [0.1, 0.15) is 0 Å². The molecule has 4 heteroatoms. The van der Waals surface area contributed by atoms with Gasteiger partial charge in [-0.15, -0.1) is 0 Å². The van der Waals surface area contributed by atoms with E-state index in [4.69, 9.17) is 9.40 Å². The highest BCUT2D eigenvalue weighted by Crippen LogP contribution is 2.41. The van der Waals surface area contributed by atoms with Crippen LogP contribution >= 0.6 is 0 Å². The van der Waals surface area contributed by atoms with Crippen LogP contribution in [0.15, 0.2) is 168 Å². The molecule has 3 heterocycles. The van der Waals surface area contributed by atoms with Gasteiger partial charge in [0.2, 0.25) is 5.89 Å². The third-order valence-corrected chi connectivity index (χ3v) is 8.70. The third-order valence-electron chi connectivity index (χ3n) is 8.70. The van der Waals surface area contributed by atoms with Crippen LogP contribution in [-0.2, 0) is 0 Å². The minimum Gasteiger partial charge on any atom is -0.436 e. The molecule has 4 nitrogen and oxygen atoms in total. The lowest BCUT2D eigenvalue weighted by Crippen LogP contribution is -1.95. The first kappa shape index (κ1) is 26.2. The summed E-state index contributed by atoms with van der Waals surface area (Å²) in [6.07, 6.45) is 1.84. The lowest BCUT2D eigenvalue weighted by atomic mass is 9.96. The summed E-state index contributed by atoms with van der Waals surface area (Å²) < 4.78 is 8.56. The minimum absolute atomic E-state index is 0.610. The Labute approximate surface area is 265 Å². The molecule has 9 aromatic rings. The average Bonchev–Trinajstić information content (AvgIpc) is 3.72. The van der Waals surface area contributed by atoms with E-state index in [0.29, 0.717) is 5.89 Å². The number of oxazole rings is 1. The summed E-state index contributed by atoms with van der Waals surface area (Å²) in [6, 6.07) is 55.0. The molecule has 0 saturated carbocycles. The Balaban J connectivity index is 1.28. The van der Waals surface area contributed by atoms with Crippen LogP contribution < -0.4 is 0 Å². The molecule has 0 fully saturated rings. The van der Waals surface area contributed by atoms with E-state index in [0.717, 1.165) is 44.6 Å². The average molecular weight is 590 g/mol. The summed E-state index contributed by atoms with van der Waals surface area (Å²) in [4.78, 5) is 9.44. The number of hydrogen-bond donors (Lipinski definition) is 0. The normalized spacial score (nSPS) is 11.5. The Bertz CT molecular complexity index is 2480. The van der Waals surface area contributed by atoms with Gasteiger partial charge in [0.05, 0.1) is 16.7 Å². The van der Waals surface area contributed by atoms with Crippen LogP contribution in [0.2, 0.25) is 0 Å². The summed E-state index contributed by atoms with van der Waals surface area (Å²) in [5.74, 6) is 0.610. The fourth-order valence-electron chi connectivity index (χ4n) is 6.53. The molecule has 0 aliphatic carbocycles. The monoisotopic (exact) mass is 589 g/mol. The van der Waals surface area contributed by atoms with E-state index in [2.05, 4.69) is 125 Å². The number of para-hydroxylation sites is 2. The van der Waals surface area contributed by atoms with Gasteiger partial charge < -0.3 is 8.98 Å². The predicted octanol–water partition coefficient (Wildman–Crippen LogP) is 11.0. The molecular formula is C42H27N3O. The van der Waals surface area contributed by atoms with E-state index >= 15 is 0 Å². The van der Waals surface area contributed by atoms with Gasteiger partial charge >= 0.3 is 0 Å². The summed E-state index contributed by atoms with van der Waals surface area (Å²) >= 11 is 0. The lowest BCUT2D eigenvalue weighted by molar-refractivity contribution is 0.620. The van der Waals surface area contributed by atoms with Crippen LogP contribution in [0.4, 0.5) is 0 Å². The molecule has 0 N–H and O–H groups in total. The molecule has 9 rings (SSSR count). The zero-order valence-electron chi connectivity index (χ0n) is 24.8. The number of hydrogen-bond acceptors (Lipinski definition) is 3. The smallest absolute Gasteiger partial charge is 0.227 e. The van der Waals surface area contributed by atoms with Crippen molar-refractivity contribution in [1.82, 2.24) is 14.5 Å². The fourth-order valence-corrected chi connectivity index (χ4v) is 6.53. The van der Waals surface area contributed by atoms with Gasteiger partial charge in [0.25, 0.3) is 0 Å². The SMILES string of the molecule is c1ccc(-c2ccc(-c3cccc4c3c3ccc(-c5nc6ccccc6o5)cc3n4-c3cccc(-c4ccccn4)c3)cc2)cc1. The number of nitrogens with zero attached hydrogens (tertiary/aromatic N) is 3. The van der Waals surface area contributed by atoms with Gasteiger partial charge in [-0.3, -0.25) is 4.98 Å². The number of fused-ring (bicyclic) bond motifs is 4.